The highest BCUT2D eigenvalue weighted by atomic mass is 35.5. The minimum atomic E-state index is -0.0175. The third kappa shape index (κ3) is 2.53. The summed E-state index contributed by atoms with van der Waals surface area (Å²) in [5.74, 6) is 0.382. The van der Waals surface area contributed by atoms with Gasteiger partial charge in [-0.1, -0.05) is 17.7 Å². The lowest BCUT2D eigenvalue weighted by Gasteiger charge is -2.06. The van der Waals surface area contributed by atoms with Gasteiger partial charge in [-0.05, 0) is 12.1 Å². The zero-order valence-electron chi connectivity index (χ0n) is 6.83. The lowest BCUT2D eigenvalue weighted by Crippen LogP contribution is -1.95. The summed E-state index contributed by atoms with van der Waals surface area (Å²) < 4.78 is 5.14. The summed E-state index contributed by atoms with van der Waals surface area (Å²) >= 11 is 5.71. The third-order valence-corrected chi connectivity index (χ3v) is 1.79. The molecule has 3 nitrogen and oxygen atoms in total. The fourth-order valence-electron chi connectivity index (χ4n) is 0.817. The highest BCUT2D eigenvalue weighted by Gasteiger charge is 2.04. The van der Waals surface area contributed by atoms with Crippen molar-refractivity contribution in [3.63, 3.8) is 0 Å². The Labute approximate surface area is 81.1 Å². The van der Waals surface area contributed by atoms with Gasteiger partial charge in [-0.15, -0.1) is 0 Å². The number of halogens is 1. The first kappa shape index (κ1) is 9.69. The zero-order chi connectivity index (χ0) is 9.68. The molecule has 0 aromatic heterocycles. The molecule has 0 atom stereocenters. The second-order valence-electron chi connectivity index (χ2n) is 2.35. The third-order valence-electron chi connectivity index (χ3n) is 1.41. The molecular formula is C9H8ClNO2. The summed E-state index contributed by atoms with van der Waals surface area (Å²) in [6.07, 6.45) is 0.298. The number of ether oxygens (including phenoxy) is 1. The molecule has 0 aliphatic carbocycles. The number of rotatable bonds is 3. The van der Waals surface area contributed by atoms with E-state index in [1.807, 2.05) is 6.07 Å². The van der Waals surface area contributed by atoms with Gasteiger partial charge in [-0.2, -0.15) is 5.26 Å². The number of nitriles is 1. The van der Waals surface area contributed by atoms with Crippen molar-refractivity contribution in [2.75, 3.05) is 6.61 Å². The Hall–Kier alpha value is -1.40. The van der Waals surface area contributed by atoms with Crippen molar-refractivity contribution in [3.05, 3.63) is 23.2 Å². The quantitative estimate of drug-likeness (QED) is 0.757. The Balaban J connectivity index is 2.67. The van der Waals surface area contributed by atoms with Crippen LogP contribution in [-0.2, 0) is 0 Å². The van der Waals surface area contributed by atoms with Crippen LogP contribution in [-0.4, -0.2) is 11.7 Å². The van der Waals surface area contributed by atoms with Crippen LogP contribution in [0.1, 0.15) is 6.42 Å². The second-order valence-corrected chi connectivity index (χ2v) is 2.72. The van der Waals surface area contributed by atoms with Crippen LogP contribution in [0.2, 0.25) is 5.02 Å². The standard InChI is InChI=1S/C9H8ClNO2/c10-9-7(12)3-1-4-8(9)13-6-2-5-11/h1,3-4,12H,2,6H2. The molecule has 0 saturated carbocycles. The average molecular weight is 198 g/mol. The summed E-state index contributed by atoms with van der Waals surface area (Å²) in [5, 5.41) is 17.6. The monoisotopic (exact) mass is 197 g/mol. The topological polar surface area (TPSA) is 53.2 Å². The van der Waals surface area contributed by atoms with Crippen molar-refractivity contribution in [1.82, 2.24) is 0 Å². The molecule has 0 heterocycles. The number of aromatic hydroxyl groups is 1. The largest absolute Gasteiger partial charge is 0.506 e. The molecule has 13 heavy (non-hydrogen) atoms. The van der Waals surface area contributed by atoms with Gasteiger partial charge in [-0.3, -0.25) is 0 Å². The van der Waals surface area contributed by atoms with Crippen LogP contribution in [0.5, 0.6) is 11.5 Å². The SMILES string of the molecule is N#CCCOc1cccc(O)c1Cl. The Bertz CT molecular complexity index is 333. The first-order valence-electron chi connectivity index (χ1n) is 3.73. The summed E-state index contributed by atoms with van der Waals surface area (Å²) in [5.41, 5.74) is 0. The normalized spacial score (nSPS) is 9.23. The molecule has 0 radical (unpaired) electrons. The molecular weight excluding hydrogens is 190 g/mol. The van der Waals surface area contributed by atoms with Crippen LogP contribution in [0, 0.1) is 11.3 Å². The fraction of sp³-hybridized carbons (Fsp3) is 0.222. The van der Waals surface area contributed by atoms with E-state index < -0.39 is 0 Å². The summed E-state index contributed by atoms with van der Waals surface area (Å²) in [6.45, 7) is 0.277. The minimum Gasteiger partial charge on any atom is -0.506 e. The molecule has 1 rings (SSSR count). The first-order valence-corrected chi connectivity index (χ1v) is 4.10. The van der Waals surface area contributed by atoms with Crippen LogP contribution in [0.25, 0.3) is 0 Å². The fourth-order valence-corrected chi connectivity index (χ4v) is 0.998. The van der Waals surface area contributed by atoms with Crippen molar-refractivity contribution in [3.8, 4) is 17.6 Å². The number of phenolic OH excluding ortho intramolecular Hbond substituents is 1. The van der Waals surface area contributed by atoms with Gasteiger partial charge in [0.05, 0.1) is 12.5 Å². The van der Waals surface area contributed by atoms with E-state index in [0.717, 1.165) is 0 Å². The lowest BCUT2D eigenvalue weighted by atomic mass is 10.3. The van der Waals surface area contributed by atoms with E-state index in [2.05, 4.69) is 0 Å². The molecule has 0 aliphatic heterocycles. The van der Waals surface area contributed by atoms with E-state index in [1.54, 1.807) is 12.1 Å². The molecule has 1 N–H and O–H groups in total. The number of benzene rings is 1. The van der Waals surface area contributed by atoms with Crippen LogP contribution < -0.4 is 4.74 Å². The molecule has 0 saturated heterocycles. The van der Waals surface area contributed by atoms with Gasteiger partial charge in [0.15, 0.2) is 0 Å². The summed E-state index contributed by atoms with van der Waals surface area (Å²) in [4.78, 5) is 0. The molecule has 1 aromatic carbocycles. The Morgan fingerprint density at radius 1 is 1.54 bits per heavy atom. The van der Waals surface area contributed by atoms with Crippen molar-refractivity contribution in [2.24, 2.45) is 0 Å². The van der Waals surface area contributed by atoms with Crippen LogP contribution in [0.3, 0.4) is 0 Å². The van der Waals surface area contributed by atoms with Crippen molar-refractivity contribution < 1.29 is 9.84 Å². The Kier molecular flexibility index (Phi) is 3.41. The maximum atomic E-state index is 9.18. The molecule has 4 heteroatoms. The minimum absolute atomic E-state index is 0.0175. The molecule has 68 valence electrons. The van der Waals surface area contributed by atoms with E-state index in [4.69, 9.17) is 21.6 Å². The predicted molar refractivity (Wildman–Crippen MR) is 48.8 cm³/mol. The van der Waals surface area contributed by atoms with E-state index in [0.29, 0.717) is 12.2 Å². The first-order chi connectivity index (χ1) is 6.25. The molecule has 0 spiro atoms. The predicted octanol–water partition coefficient (Wildman–Crippen LogP) is 2.34. The van der Waals surface area contributed by atoms with Gasteiger partial charge in [0.1, 0.15) is 23.1 Å². The van der Waals surface area contributed by atoms with Crippen LogP contribution in [0.4, 0.5) is 0 Å². The van der Waals surface area contributed by atoms with Gasteiger partial charge in [-0.25, -0.2) is 0 Å². The summed E-state index contributed by atoms with van der Waals surface area (Å²) in [7, 11) is 0. The van der Waals surface area contributed by atoms with Gasteiger partial charge in [0.25, 0.3) is 0 Å². The van der Waals surface area contributed by atoms with E-state index in [-0.39, 0.29) is 17.4 Å². The van der Waals surface area contributed by atoms with E-state index in [1.165, 1.54) is 6.07 Å². The van der Waals surface area contributed by atoms with Crippen LogP contribution >= 0.6 is 11.6 Å². The molecule has 0 unspecified atom stereocenters. The van der Waals surface area contributed by atoms with E-state index >= 15 is 0 Å². The van der Waals surface area contributed by atoms with Crippen molar-refractivity contribution >= 4 is 11.6 Å². The summed E-state index contributed by atoms with van der Waals surface area (Å²) in [6, 6.07) is 6.68. The van der Waals surface area contributed by atoms with Crippen LogP contribution in [0.15, 0.2) is 18.2 Å². The molecule has 0 fully saturated rings. The highest BCUT2D eigenvalue weighted by Crippen LogP contribution is 2.32. The van der Waals surface area contributed by atoms with E-state index in [9.17, 15) is 5.11 Å². The maximum absolute atomic E-state index is 9.18. The molecule has 0 aliphatic rings. The Morgan fingerprint density at radius 3 is 3.00 bits per heavy atom. The van der Waals surface area contributed by atoms with Gasteiger partial charge in [0, 0.05) is 0 Å². The zero-order valence-corrected chi connectivity index (χ0v) is 7.58. The van der Waals surface area contributed by atoms with Crippen molar-refractivity contribution in [1.29, 1.82) is 5.26 Å². The van der Waals surface area contributed by atoms with Gasteiger partial charge < -0.3 is 9.84 Å². The second kappa shape index (κ2) is 4.58. The van der Waals surface area contributed by atoms with Gasteiger partial charge >= 0.3 is 0 Å². The Morgan fingerprint density at radius 2 is 2.31 bits per heavy atom. The maximum Gasteiger partial charge on any atom is 0.141 e. The highest BCUT2D eigenvalue weighted by molar-refractivity contribution is 6.33. The van der Waals surface area contributed by atoms with Gasteiger partial charge in [0.2, 0.25) is 0 Å². The van der Waals surface area contributed by atoms with Crippen molar-refractivity contribution in [2.45, 2.75) is 6.42 Å². The number of phenols is 1. The average Bonchev–Trinajstić information content (AvgIpc) is 2.13. The number of hydrogen-bond donors (Lipinski definition) is 1. The molecule has 0 amide bonds. The molecule has 1 aromatic rings. The lowest BCUT2D eigenvalue weighted by molar-refractivity contribution is 0.324. The molecule has 0 bridgehead atoms. The smallest absolute Gasteiger partial charge is 0.141 e. The number of hydrogen-bond acceptors (Lipinski definition) is 3. The number of nitrogens with zero attached hydrogens (tertiary/aromatic N) is 1.